The highest BCUT2D eigenvalue weighted by molar-refractivity contribution is 5.73. The Labute approximate surface area is 122 Å². The molecular formula is C12H23NO8. The highest BCUT2D eigenvalue weighted by atomic mass is 16.7. The van der Waals surface area contributed by atoms with Crippen LogP contribution in [0.4, 0.5) is 0 Å². The molecule has 1 saturated heterocycles. The first-order valence-electron chi connectivity index (χ1n) is 6.65. The van der Waals surface area contributed by atoms with E-state index >= 15 is 0 Å². The lowest BCUT2D eigenvalue weighted by atomic mass is 9.97. The first kappa shape index (κ1) is 18.2. The number of ether oxygens (including phenoxy) is 2. The van der Waals surface area contributed by atoms with Gasteiger partial charge in [0.2, 0.25) is 5.91 Å². The summed E-state index contributed by atoms with van der Waals surface area (Å²) < 4.78 is 10.6. The molecule has 1 rings (SSSR count). The van der Waals surface area contributed by atoms with Gasteiger partial charge in [-0.1, -0.05) is 0 Å². The van der Waals surface area contributed by atoms with Gasteiger partial charge in [0.15, 0.2) is 6.29 Å². The second-order valence-corrected chi connectivity index (χ2v) is 5.03. The number of aliphatic hydroxyl groups excluding tert-OH is 5. The normalized spacial score (nSPS) is 36.0. The molecule has 7 atom stereocenters. The van der Waals surface area contributed by atoms with Crippen LogP contribution >= 0.6 is 0 Å². The summed E-state index contributed by atoms with van der Waals surface area (Å²) in [6.45, 7) is 1.54. The Kier molecular flexibility index (Phi) is 6.94. The van der Waals surface area contributed by atoms with Crippen molar-refractivity contribution < 1.29 is 39.8 Å². The molecule has 1 aliphatic heterocycles. The molecule has 0 bridgehead atoms. The fraction of sp³-hybridized carbons (Fsp3) is 0.917. The molecule has 0 unspecified atom stereocenters. The van der Waals surface area contributed by atoms with E-state index < -0.39 is 62.0 Å². The van der Waals surface area contributed by atoms with Crippen molar-refractivity contribution >= 4 is 5.91 Å². The minimum atomic E-state index is -1.43. The van der Waals surface area contributed by atoms with E-state index in [1.54, 1.807) is 0 Å². The van der Waals surface area contributed by atoms with E-state index in [-0.39, 0.29) is 0 Å². The lowest BCUT2D eigenvalue weighted by molar-refractivity contribution is -0.290. The quantitative estimate of drug-likeness (QED) is 0.299. The smallest absolute Gasteiger partial charge is 0.217 e. The van der Waals surface area contributed by atoms with Gasteiger partial charge in [-0.05, 0) is 6.92 Å². The van der Waals surface area contributed by atoms with Crippen molar-refractivity contribution in [2.24, 2.45) is 0 Å². The second-order valence-electron chi connectivity index (χ2n) is 5.03. The molecule has 1 heterocycles. The summed E-state index contributed by atoms with van der Waals surface area (Å²) in [6.07, 6.45) is -7.22. The van der Waals surface area contributed by atoms with Gasteiger partial charge in [-0.25, -0.2) is 0 Å². The fourth-order valence-electron chi connectivity index (χ4n) is 2.07. The van der Waals surface area contributed by atoms with Crippen molar-refractivity contribution in [1.82, 2.24) is 5.32 Å². The summed E-state index contributed by atoms with van der Waals surface area (Å²) in [5.41, 5.74) is 0. The molecule has 0 radical (unpaired) electrons. The predicted molar refractivity (Wildman–Crippen MR) is 69.0 cm³/mol. The summed E-state index contributed by atoms with van der Waals surface area (Å²) in [4.78, 5) is 11.2. The number of hydrogen-bond donors (Lipinski definition) is 6. The van der Waals surface area contributed by atoms with E-state index in [9.17, 15) is 20.1 Å². The van der Waals surface area contributed by atoms with Crippen molar-refractivity contribution in [1.29, 1.82) is 0 Å². The molecule has 0 aliphatic carbocycles. The maximum Gasteiger partial charge on any atom is 0.217 e. The molecule has 0 spiro atoms. The number of carbonyl (C=O) groups is 1. The van der Waals surface area contributed by atoms with E-state index in [4.69, 9.17) is 19.7 Å². The predicted octanol–water partition coefficient (Wildman–Crippen LogP) is -3.31. The van der Waals surface area contributed by atoms with Crippen molar-refractivity contribution in [3.8, 4) is 0 Å². The lowest BCUT2D eigenvalue weighted by Crippen LogP contribution is -2.65. The van der Waals surface area contributed by atoms with E-state index in [2.05, 4.69) is 5.32 Å². The number of hydrogen-bond acceptors (Lipinski definition) is 8. The van der Waals surface area contributed by atoms with Crippen LogP contribution in [0.2, 0.25) is 0 Å². The molecule has 1 amide bonds. The van der Waals surface area contributed by atoms with Crippen LogP contribution in [0.25, 0.3) is 0 Å². The molecule has 0 aromatic rings. The molecule has 1 aliphatic rings. The first-order chi connectivity index (χ1) is 9.81. The zero-order valence-electron chi connectivity index (χ0n) is 11.9. The summed E-state index contributed by atoms with van der Waals surface area (Å²) >= 11 is 0. The van der Waals surface area contributed by atoms with E-state index in [1.165, 1.54) is 13.8 Å². The van der Waals surface area contributed by atoms with Gasteiger partial charge in [0.05, 0.1) is 19.3 Å². The summed E-state index contributed by atoms with van der Waals surface area (Å²) in [7, 11) is 0. The molecule has 9 nitrogen and oxygen atoms in total. The van der Waals surface area contributed by atoms with Crippen molar-refractivity contribution in [2.75, 3.05) is 13.2 Å². The molecule has 9 heteroatoms. The summed E-state index contributed by atoms with van der Waals surface area (Å²) in [5.74, 6) is -0.483. The Morgan fingerprint density at radius 1 is 1.33 bits per heavy atom. The highest BCUT2D eigenvalue weighted by Gasteiger charge is 2.46. The number of rotatable bonds is 6. The van der Waals surface area contributed by atoms with Gasteiger partial charge in [0, 0.05) is 6.92 Å². The lowest BCUT2D eigenvalue weighted by Gasteiger charge is -2.43. The largest absolute Gasteiger partial charge is 0.394 e. The maximum atomic E-state index is 11.2. The maximum absolute atomic E-state index is 11.2. The average molecular weight is 309 g/mol. The number of carbonyl (C=O) groups excluding carboxylic acids is 1. The molecule has 21 heavy (non-hydrogen) atoms. The third-order valence-electron chi connectivity index (χ3n) is 3.28. The van der Waals surface area contributed by atoms with Crippen LogP contribution in [0.1, 0.15) is 13.8 Å². The zero-order chi connectivity index (χ0) is 16.2. The van der Waals surface area contributed by atoms with Gasteiger partial charge in [-0.15, -0.1) is 0 Å². The van der Waals surface area contributed by atoms with Crippen LogP contribution in [-0.4, -0.2) is 87.5 Å². The summed E-state index contributed by atoms with van der Waals surface area (Å²) in [6, 6.07) is -1.10. The van der Waals surface area contributed by atoms with Gasteiger partial charge in [-0.2, -0.15) is 0 Å². The first-order valence-corrected chi connectivity index (χ1v) is 6.65. The standard InChI is InChI=1S/C12H23NO8/c1-5(16)7(3-14)20-12-9(13-6(2)17)11(19)10(18)8(4-15)21-12/h5,7-12,14-16,18-19H,3-4H2,1-2H3,(H,13,17)/t5-,7+,8+,9+,10+,11+,12+/m0/s1. The highest BCUT2D eigenvalue weighted by Crippen LogP contribution is 2.23. The monoisotopic (exact) mass is 309 g/mol. The van der Waals surface area contributed by atoms with Crippen LogP contribution in [-0.2, 0) is 14.3 Å². The topological polar surface area (TPSA) is 149 Å². The van der Waals surface area contributed by atoms with Crippen LogP contribution < -0.4 is 5.32 Å². The average Bonchev–Trinajstić information content (AvgIpc) is 2.42. The van der Waals surface area contributed by atoms with Crippen LogP contribution in [0, 0.1) is 0 Å². The van der Waals surface area contributed by atoms with Gasteiger partial charge < -0.3 is 40.3 Å². The van der Waals surface area contributed by atoms with Crippen molar-refractivity contribution in [2.45, 2.75) is 56.7 Å². The van der Waals surface area contributed by atoms with Crippen molar-refractivity contribution in [3.63, 3.8) is 0 Å². The number of amides is 1. The van der Waals surface area contributed by atoms with E-state index in [0.29, 0.717) is 0 Å². The van der Waals surface area contributed by atoms with Crippen LogP contribution in [0.3, 0.4) is 0 Å². The third kappa shape index (κ3) is 4.58. The summed E-state index contributed by atoms with van der Waals surface area (Å²) in [5, 5.41) is 49.9. The van der Waals surface area contributed by atoms with Gasteiger partial charge in [-0.3, -0.25) is 4.79 Å². The zero-order valence-corrected chi connectivity index (χ0v) is 11.9. The molecule has 1 fully saturated rings. The number of aliphatic hydroxyl groups is 5. The van der Waals surface area contributed by atoms with Crippen LogP contribution in [0.5, 0.6) is 0 Å². The minimum absolute atomic E-state index is 0.483. The van der Waals surface area contributed by atoms with Crippen LogP contribution in [0.15, 0.2) is 0 Å². The van der Waals surface area contributed by atoms with Gasteiger partial charge in [0.1, 0.15) is 30.5 Å². The van der Waals surface area contributed by atoms with E-state index in [0.717, 1.165) is 0 Å². The fourth-order valence-corrected chi connectivity index (χ4v) is 2.07. The molecule has 124 valence electrons. The Morgan fingerprint density at radius 3 is 2.38 bits per heavy atom. The van der Waals surface area contributed by atoms with E-state index in [1.807, 2.05) is 0 Å². The third-order valence-corrected chi connectivity index (χ3v) is 3.28. The molecule has 6 N–H and O–H groups in total. The van der Waals surface area contributed by atoms with Gasteiger partial charge >= 0.3 is 0 Å². The molecule has 0 aromatic heterocycles. The molecule has 0 saturated carbocycles. The molecular weight excluding hydrogens is 286 g/mol. The Morgan fingerprint density at radius 2 is 1.95 bits per heavy atom. The molecule has 0 aromatic carbocycles. The second kappa shape index (κ2) is 7.99. The Balaban J connectivity index is 2.89. The van der Waals surface area contributed by atoms with Crippen molar-refractivity contribution in [3.05, 3.63) is 0 Å². The minimum Gasteiger partial charge on any atom is -0.394 e. The number of nitrogens with one attached hydrogen (secondary N) is 1. The Hall–Kier alpha value is -0.810. The Bertz CT molecular complexity index is 339. The SMILES string of the molecule is CC(=O)N[C@H]1[C@H](O[C@H](CO)[C@H](C)O)O[C@H](CO)[C@@H](O)[C@@H]1O. The van der Waals surface area contributed by atoms with Gasteiger partial charge in [0.25, 0.3) is 0 Å².